The number of alkyl halides is 4. The quantitative estimate of drug-likeness (QED) is 0.664. The lowest BCUT2D eigenvalue weighted by atomic mass is 9.70. The smallest absolute Gasteiger partial charge is 0.353 e. The molecule has 26 heavy (non-hydrogen) atoms. The molecule has 2 rings (SSSR count). The van der Waals surface area contributed by atoms with E-state index in [1.54, 1.807) is 0 Å². The van der Waals surface area contributed by atoms with Crippen molar-refractivity contribution in [3.8, 4) is 0 Å². The molecule has 1 unspecified atom stereocenters. The lowest BCUT2D eigenvalue weighted by molar-refractivity contribution is -0.0690. The molecular weight excluding hydrogens is 377 g/mol. The first-order chi connectivity index (χ1) is 12.0. The molecule has 0 aliphatic rings. The summed E-state index contributed by atoms with van der Waals surface area (Å²) in [5, 5.41) is 13.3. The van der Waals surface area contributed by atoms with Gasteiger partial charge in [-0.3, -0.25) is 5.10 Å². The average Bonchev–Trinajstić information content (AvgIpc) is 3.06. The maximum absolute atomic E-state index is 13.4. The Bertz CT molecular complexity index is 709. The van der Waals surface area contributed by atoms with E-state index in [1.165, 1.54) is 32.3 Å². The Labute approximate surface area is 151 Å². The predicted molar refractivity (Wildman–Crippen MR) is 87.6 cm³/mol. The largest absolute Gasteiger partial charge is 0.384 e. The van der Waals surface area contributed by atoms with Crippen LogP contribution in [-0.4, -0.2) is 37.7 Å². The molecule has 0 saturated heterocycles. The number of aromatic nitrogens is 3. The zero-order valence-corrected chi connectivity index (χ0v) is 14.8. The molecule has 1 atom stereocenters. The normalized spacial score (nSPS) is 15.3. The minimum Gasteiger partial charge on any atom is -0.384 e. The molecule has 0 aliphatic carbocycles. The van der Waals surface area contributed by atoms with Crippen LogP contribution in [-0.2, 0) is 12.0 Å². The molecule has 2 aromatic rings. The van der Waals surface area contributed by atoms with Crippen molar-refractivity contribution < 1.29 is 27.1 Å². The van der Waals surface area contributed by atoms with Gasteiger partial charge in [-0.2, -0.15) is 13.9 Å². The highest BCUT2D eigenvalue weighted by molar-refractivity contribution is 8.00. The SMILES string of the molecule is CC(C)(CSC(F)(F)C(F)F)C(O)(Cc1ncn[nH]1)c1ccc(F)cc1. The number of benzene rings is 1. The Balaban J connectivity index is 2.36. The summed E-state index contributed by atoms with van der Waals surface area (Å²) in [5.41, 5.74) is -2.83. The molecule has 144 valence electrons. The van der Waals surface area contributed by atoms with Crippen LogP contribution in [0.25, 0.3) is 0 Å². The minimum absolute atomic E-state index is 0.146. The zero-order valence-electron chi connectivity index (χ0n) is 14.0. The Hall–Kier alpha value is -1.68. The predicted octanol–water partition coefficient (Wildman–Crippen LogP) is 3.99. The van der Waals surface area contributed by atoms with Crippen molar-refractivity contribution in [2.75, 3.05) is 5.75 Å². The van der Waals surface area contributed by atoms with Gasteiger partial charge >= 0.3 is 11.7 Å². The standard InChI is InChI=1S/C16H18F5N3OS/c1-14(2,8-26-16(20,21)13(18)19)15(25,7-12-22-9-23-24-12)10-3-5-11(17)6-4-10/h3-6,9,13,25H,7-8H2,1-2H3,(H,22,23,24). The van der Waals surface area contributed by atoms with E-state index in [-0.39, 0.29) is 29.6 Å². The monoisotopic (exact) mass is 395 g/mol. The van der Waals surface area contributed by atoms with Gasteiger partial charge in [0.1, 0.15) is 23.6 Å². The van der Waals surface area contributed by atoms with E-state index in [4.69, 9.17) is 0 Å². The third-order valence-electron chi connectivity index (χ3n) is 4.21. The van der Waals surface area contributed by atoms with E-state index in [2.05, 4.69) is 15.2 Å². The van der Waals surface area contributed by atoms with Crippen molar-refractivity contribution in [2.45, 2.75) is 37.5 Å². The lowest BCUT2D eigenvalue weighted by Crippen LogP contribution is -2.46. The third-order valence-corrected chi connectivity index (χ3v) is 5.64. The molecule has 4 nitrogen and oxygen atoms in total. The van der Waals surface area contributed by atoms with Crippen LogP contribution in [0.5, 0.6) is 0 Å². The second-order valence-electron chi connectivity index (χ2n) is 6.51. The van der Waals surface area contributed by atoms with E-state index in [1.807, 2.05) is 0 Å². The van der Waals surface area contributed by atoms with Gasteiger partial charge in [-0.1, -0.05) is 37.7 Å². The van der Waals surface area contributed by atoms with Gasteiger partial charge in [0.15, 0.2) is 0 Å². The summed E-state index contributed by atoms with van der Waals surface area (Å²) in [6, 6.07) is 4.89. The number of rotatable bonds is 8. The van der Waals surface area contributed by atoms with Crippen LogP contribution < -0.4 is 0 Å². The minimum atomic E-state index is -4.24. The average molecular weight is 395 g/mol. The van der Waals surface area contributed by atoms with Gasteiger partial charge in [0, 0.05) is 17.6 Å². The lowest BCUT2D eigenvalue weighted by Gasteiger charge is -2.43. The Morgan fingerprint density at radius 2 is 1.81 bits per heavy atom. The highest BCUT2D eigenvalue weighted by Crippen LogP contribution is 2.47. The Morgan fingerprint density at radius 1 is 1.19 bits per heavy atom. The second-order valence-corrected chi connectivity index (χ2v) is 7.63. The molecule has 10 heteroatoms. The summed E-state index contributed by atoms with van der Waals surface area (Å²) in [5.74, 6) is -0.741. The number of nitrogens with one attached hydrogen (secondary N) is 1. The fraction of sp³-hybridized carbons (Fsp3) is 0.500. The molecule has 0 spiro atoms. The highest BCUT2D eigenvalue weighted by Gasteiger charge is 2.49. The molecule has 0 radical (unpaired) electrons. The number of nitrogens with zero attached hydrogens (tertiary/aromatic N) is 2. The van der Waals surface area contributed by atoms with Gasteiger partial charge in [0.2, 0.25) is 0 Å². The van der Waals surface area contributed by atoms with Gasteiger partial charge in [0.05, 0.1) is 0 Å². The van der Waals surface area contributed by atoms with Crippen molar-refractivity contribution in [3.63, 3.8) is 0 Å². The summed E-state index contributed by atoms with van der Waals surface area (Å²) < 4.78 is 64.9. The molecule has 1 aromatic carbocycles. The summed E-state index contributed by atoms with van der Waals surface area (Å²) in [4.78, 5) is 3.92. The first-order valence-corrected chi connectivity index (χ1v) is 8.59. The summed E-state index contributed by atoms with van der Waals surface area (Å²) in [6.07, 6.45) is -2.75. The summed E-state index contributed by atoms with van der Waals surface area (Å²) >= 11 is -0.233. The number of aromatic amines is 1. The van der Waals surface area contributed by atoms with Gasteiger partial charge in [-0.05, 0) is 17.7 Å². The van der Waals surface area contributed by atoms with Crippen molar-refractivity contribution >= 4 is 11.8 Å². The summed E-state index contributed by atoms with van der Waals surface area (Å²) in [7, 11) is 0. The maximum atomic E-state index is 13.4. The van der Waals surface area contributed by atoms with E-state index in [0.717, 1.165) is 12.1 Å². The van der Waals surface area contributed by atoms with Crippen LogP contribution in [0.3, 0.4) is 0 Å². The van der Waals surface area contributed by atoms with Crippen molar-refractivity contribution in [3.05, 3.63) is 47.8 Å². The molecule has 2 N–H and O–H groups in total. The number of aliphatic hydroxyl groups is 1. The second kappa shape index (κ2) is 7.51. The fourth-order valence-electron chi connectivity index (χ4n) is 2.48. The van der Waals surface area contributed by atoms with Crippen molar-refractivity contribution in [2.24, 2.45) is 5.41 Å². The molecule has 0 saturated carbocycles. The topological polar surface area (TPSA) is 61.8 Å². The van der Waals surface area contributed by atoms with Gasteiger partial charge < -0.3 is 5.11 Å². The first kappa shape index (κ1) is 20.6. The Kier molecular flexibility index (Phi) is 5.96. The molecule has 0 amide bonds. The van der Waals surface area contributed by atoms with E-state index < -0.39 is 34.3 Å². The van der Waals surface area contributed by atoms with Crippen LogP contribution in [0, 0.1) is 11.2 Å². The van der Waals surface area contributed by atoms with E-state index >= 15 is 0 Å². The van der Waals surface area contributed by atoms with E-state index in [0.29, 0.717) is 0 Å². The van der Waals surface area contributed by atoms with Crippen molar-refractivity contribution in [1.29, 1.82) is 0 Å². The summed E-state index contributed by atoms with van der Waals surface area (Å²) in [6.45, 7) is 2.95. The number of hydrogen-bond acceptors (Lipinski definition) is 4. The van der Waals surface area contributed by atoms with Crippen LogP contribution in [0.4, 0.5) is 22.0 Å². The molecule has 0 fully saturated rings. The van der Waals surface area contributed by atoms with Gasteiger partial charge in [-0.15, -0.1) is 0 Å². The van der Waals surface area contributed by atoms with E-state index in [9.17, 15) is 27.1 Å². The number of hydrogen-bond donors (Lipinski definition) is 2. The Morgan fingerprint density at radius 3 is 2.31 bits per heavy atom. The maximum Gasteiger partial charge on any atom is 0.353 e. The fourth-order valence-corrected chi connectivity index (χ4v) is 3.39. The number of H-pyrrole nitrogens is 1. The highest BCUT2D eigenvalue weighted by atomic mass is 32.2. The van der Waals surface area contributed by atoms with Gasteiger partial charge in [-0.25, -0.2) is 18.2 Å². The van der Waals surface area contributed by atoms with Crippen LogP contribution >= 0.6 is 11.8 Å². The van der Waals surface area contributed by atoms with Crippen LogP contribution in [0.15, 0.2) is 30.6 Å². The molecular formula is C16H18F5N3OS. The van der Waals surface area contributed by atoms with Crippen LogP contribution in [0.1, 0.15) is 25.2 Å². The molecule has 0 bridgehead atoms. The number of halogens is 5. The van der Waals surface area contributed by atoms with Gasteiger partial charge in [0.25, 0.3) is 0 Å². The molecule has 0 aliphatic heterocycles. The van der Waals surface area contributed by atoms with Crippen molar-refractivity contribution in [1.82, 2.24) is 15.2 Å². The number of thioether (sulfide) groups is 1. The molecule has 1 heterocycles. The van der Waals surface area contributed by atoms with Crippen LogP contribution in [0.2, 0.25) is 0 Å². The first-order valence-electron chi connectivity index (χ1n) is 7.60. The molecule has 1 aromatic heterocycles. The zero-order chi connectivity index (χ0) is 19.6. The third kappa shape index (κ3) is 4.35.